The molecule has 0 spiro atoms. The third kappa shape index (κ3) is 5.58. The number of carbonyl (C=O) groups excluding carboxylic acids is 2. The molecule has 0 aliphatic heterocycles. The van der Waals surface area contributed by atoms with Crippen LogP contribution in [0.5, 0.6) is 0 Å². The molecule has 3 N–H and O–H groups in total. The van der Waals surface area contributed by atoms with E-state index in [9.17, 15) is 14.0 Å². The zero-order valence-corrected chi connectivity index (χ0v) is 16.3. The van der Waals surface area contributed by atoms with E-state index < -0.39 is 17.8 Å². The molecule has 0 unspecified atom stereocenters. The van der Waals surface area contributed by atoms with Gasteiger partial charge < -0.3 is 20.4 Å². The fraction of sp³-hybridized carbons (Fsp3) is 0.143. The molecule has 8 heteroatoms. The van der Waals surface area contributed by atoms with E-state index in [0.717, 1.165) is 5.56 Å². The molecular formula is C21H19ClFN3O3. The normalized spacial score (nSPS) is 10.4. The molecule has 1 heterocycles. The first-order chi connectivity index (χ1) is 13.9. The summed E-state index contributed by atoms with van der Waals surface area (Å²) in [5.74, 6) is -0.690. The van der Waals surface area contributed by atoms with Crippen LogP contribution < -0.4 is 16.0 Å². The predicted octanol–water partition coefficient (Wildman–Crippen LogP) is 5.00. The number of urea groups is 1. The summed E-state index contributed by atoms with van der Waals surface area (Å²) in [4.78, 5) is 24.3. The van der Waals surface area contributed by atoms with Gasteiger partial charge >= 0.3 is 6.03 Å². The second kappa shape index (κ2) is 9.25. The summed E-state index contributed by atoms with van der Waals surface area (Å²) in [5.41, 5.74) is 1.64. The van der Waals surface area contributed by atoms with E-state index in [-0.39, 0.29) is 5.69 Å². The Labute approximate surface area is 172 Å². The predicted molar refractivity (Wildman–Crippen MR) is 110 cm³/mol. The van der Waals surface area contributed by atoms with Gasteiger partial charge in [0.25, 0.3) is 5.91 Å². The average Bonchev–Trinajstić information content (AvgIpc) is 3.12. The van der Waals surface area contributed by atoms with E-state index in [0.29, 0.717) is 35.0 Å². The molecule has 0 bridgehead atoms. The largest absolute Gasteiger partial charge is 0.469 e. The molecular weight excluding hydrogens is 397 g/mol. The average molecular weight is 416 g/mol. The van der Waals surface area contributed by atoms with Crippen molar-refractivity contribution in [2.75, 3.05) is 17.2 Å². The molecule has 3 amide bonds. The molecule has 0 radical (unpaired) electrons. The van der Waals surface area contributed by atoms with Crippen LogP contribution in [0.15, 0.2) is 59.2 Å². The molecule has 29 heavy (non-hydrogen) atoms. The monoisotopic (exact) mass is 415 g/mol. The van der Waals surface area contributed by atoms with E-state index in [1.807, 2.05) is 12.1 Å². The third-order valence-electron chi connectivity index (χ3n) is 4.19. The molecule has 150 valence electrons. The van der Waals surface area contributed by atoms with E-state index in [1.54, 1.807) is 19.1 Å². The van der Waals surface area contributed by atoms with Crippen LogP contribution in [0.2, 0.25) is 5.02 Å². The number of rotatable bonds is 6. The highest BCUT2D eigenvalue weighted by molar-refractivity contribution is 6.30. The quantitative estimate of drug-likeness (QED) is 0.530. The van der Waals surface area contributed by atoms with Gasteiger partial charge in [-0.2, -0.15) is 0 Å². The Morgan fingerprint density at radius 3 is 2.52 bits per heavy atom. The first-order valence-electron chi connectivity index (χ1n) is 8.86. The molecule has 6 nitrogen and oxygen atoms in total. The maximum atomic E-state index is 14.1. The summed E-state index contributed by atoms with van der Waals surface area (Å²) < 4.78 is 19.1. The van der Waals surface area contributed by atoms with Crippen molar-refractivity contribution in [3.63, 3.8) is 0 Å². The Hall–Kier alpha value is -3.32. The van der Waals surface area contributed by atoms with E-state index in [2.05, 4.69) is 16.0 Å². The van der Waals surface area contributed by atoms with Crippen molar-refractivity contribution in [2.24, 2.45) is 0 Å². The number of hydrogen-bond donors (Lipinski definition) is 3. The lowest BCUT2D eigenvalue weighted by molar-refractivity contribution is 0.102. The fourth-order valence-electron chi connectivity index (χ4n) is 2.66. The van der Waals surface area contributed by atoms with Crippen molar-refractivity contribution >= 4 is 34.9 Å². The third-order valence-corrected chi connectivity index (χ3v) is 4.44. The Morgan fingerprint density at radius 2 is 1.83 bits per heavy atom. The summed E-state index contributed by atoms with van der Waals surface area (Å²) in [6, 6.07) is 12.3. The van der Waals surface area contributed by atoms with Crippen molar-refractivity contribution in [1.29, 1.82) is 0 Å². The topological polar surface area (TPSA) is 83.4 Å². The number of furan rings is 1. The van der Waals surface area contributed by atoms with Crippen LogP contribution in [0.1, 0.15) is 21.7 Å². The Morgan fingerprint density at radius 1 is 1.07 bits per heavy atom. The minimum absolute atomic E-state index is 0.0467. The number of amides is 3. The SMILES string of the molecule is Cc1occc1C(=O)Nc1cc(NC(=O)NCCc2ccc(Cl)cc2)ccc1F. The van der Waals surface area contributed by atoms with E-state index >= 15 is 0 Å². The van der Waals surface area contributed by atoms with Gasteiger partial charge in [0.15, 0.2) is 0 Å². The molecule has 0 saturated heterocycles. The molecule has 0 aliphatic carbocycles. The van der Waals surface area contributed by atoms with Crippen LogP contribution in [0.25, 0.3) is 0 Å². The van der Waals surface area contributed by atoms with Crippen LogP contribution in [-0.2, 0) is 6.42 Å². The zero-order valence-electron chi connectivity index (χ0n) is 15.6. The standard InChI is InChI=1S/C21H19ClFN3O3/c1-13-17(9-11-29-13)20(27)26-19-12-16(6-7-18(19)23)25-21(28)24-10-8-14-2-4-15(22)5-3-14/h2-7,9,11-12H,8,10H2,1H3,(H,26,27)(H2,24,25,28). The van der Waals surface area contributed by atoms with Crippen LogP contribution in [-0.4, -0.2) is 18.5 Å². The zero-order chi connectivity index (χ0) is 20.8. The summed E-state index contributed by atoms with van der Waals surface area (Å²) in [6.45, 7) is 2.05. The minimum atomic E-state index is -0.617. The maximum Gasteiger partial charge on any atom is 0.319 e. The van der Waals surface area contributed by atoms with Crippen molar-refractivity contribution in [3.05, 3.63) is 82.5 Å². The van der Waals surface area contributed by atoms with Crippen LogP contribution in [0.3, 0.4) is 0 Å². The van der Waals surface area contributed by atoms with Gasteiger partial charge in [-0.25, -0.2) is 9.18 Å². The fourth-order valence-corrected chi connectivity index (χ4v) is 2.78. The van der Waals surface area contributed by atoms with E-state index in [1.165, 1.54) is 30.5 Å². The molecule has 0 fully saturated rings. The highest BCUT2D eigenvalue weighted by Crippen LogP contribution is 2.21. The molecule has 3 rings (SSSR count). The first kappa shape index (κ1) is 20.4. The second-order valence-corrected chi connectivity index (χ2v) is 6.73. The molecule has 3 aromatic rings. The Balaban J connectivity index is 1.56. The number of hydrogen-bond acceptors (Lipinski definition) is 3. The van der Waals surface area contributed by atoms with E-state index in [4.69, 9.17) is 16.0 Å². The number of anilines is 2. The number of carbonyl (C=O) groups is 2. The first-order valence-corrected chi connectivity index (χ1v) is 9.24. The van der Waals surface area contributed by atoms with Gasteiger partial charge in [-0.15, -0.1) is 0 Å². The van der Waals surface area contributed by atoms with Gasteiger partial charge in [0.1, 0.15) is 11.6 Å². The van der Waals surface area contributed by atoms with Gasteiger partial charge in [0.05, 0.1) is 17.5 Å². The van der Waals surface area contributed by atoms with Crippen LogP contribution in [0.4, 0.5) is 20.6 Å². The summed E-state index contributed by atoms with van der Waals surface area (Å²) in [6.07, 6.45) is 2.02. The minimum Gasteiger partial charge on any atom is -0.469 e. The molecule has 0 atom stereocenters. The molecule has 1 aromatic heterocycles. The highest BCUT2D eigenvalue weighted by Gasteiger charge is 2.14. The van der Waals surface area contributed by atoms with Crippen molar-refractivity contribution < 1.29 is 18.4 Å². The van der Waals surface area contributed by atoms with Gasteiger partial charge in [-0.1, -0.05) is 23.7 Å². The highest BCUT2D eigenvalue weighted by atomic mass is 35.5. The molecule has 0 saturated carbocycles. The summed E-state index contributed by atoms with van der Waals surface area (Å²) in [5, 5.41) is 8.47. The van der Waals surface area contributed by atoms with Gasteiger partial charge in [0.2, 0.25) is 0 Å². The summed E-state index contributed by atoms with van der Waals surface area (Å²) >= 11 is 5.84. The number of aryl methyl sites for hydroxylation is 1. The second-order valence-electron chi connectivity index (χ2n) is 6.30. The van der Waals surface area contributed by atoms with Crippen molar-refractivity contribution in [3.8, 4) is 0 Å². The number of halogens is 2. The number of nitrogens with one attached hydrogen (secondary N) is 3. The van der Waals surface area contributed by atoms with Crippen molar-refractivity contribution in [2.45, 2.75) is 13.3 Å². The lowest BCUT2D eigenvalue weighted by Gasteiger charge is -2.11. The van der Waals surface area contributed by atoms with Crippen LogP contribution >= 0.6 is 11.6 Å². The molecule has 0 aliphatic rings. The Bertz CT molecular complexity index is 1020. The maximum absolute atomic E-state index is 14.1. The number of benzene rings is 2. The van der Waals surface area contributed by atoms with Crippen LogP contribution in [0, 0.1) is 12.7 Å². The molecule has 2 aromatic carbocycles. The van der Waals surface area contributed by atoms with Gasteiger partial charge in [0, 0.05) is 17.3 Å². The van der Waals surface area contributed by atoms with Gasteiger partial charge in [-0.3, -0.25) is 4.79 Å². The lowest BCUT2D eigenvalue weighted by atomic mass is 10.1. The lowest BCUT2D eigenvalue weighted by Crippen LogP contribution is -2.30. The smallest absolute Gasteiger partial charge is 0.319 e. The Kier molecular flexibility index (Phi) is 6.51. The summed E-state index contributed by atoms with van der Waals surface area (Å²) in [7, 11) is 0. The van der Waals surface area contributed by atoms with Crippen molar-refractivity contribution in [1.82, 2.24) is 5.32 Å². The van der Waals surface area contributed by atoms with Gasteiger partial charge in [-0.05, 0) is 55.3 Å².